The van der Waals surface area contributed by atoms with Crippen LogP contribution in [0.5, 0.6) is 11.5 Å². The van der Waals surface area contributed by atoms with Gasteiger partial charge in [-0.2, -0.15) is 0 Å². The summed E-state index contributed by atoms with van der Waals surface area (Å²) >= 11 is 0. The molecule has 0 aliphatic heterocycles. The summed E-state index contributed by atoms with van der Waals surface area (Å²) in [7, 11) is 1.50. The van der Waals surface area contributed by atoms with Crippen LogP contribution < -0.4 is 15.8 Å². The molecule has 0 fully saturated rings. The van der Waals surface area contributed by atoms with Crippen molar-refractivity contribution in [3.8, 4) is 11.5 Å². The predicted octanol–water partition coefficient (Wildman–Crippen LogP) is 2.47. The molecule has 0 spiro atoms. The lowest BCUT2D eigenvalue weighted by molar-refractivity contribution is 0.0937. The van der Waals surface area contributed by atoms with E-state index in [0.717, 1.165) is 5.56 Å². The average molecular weight is 286 g/mol. The Labute approximate surface area is 123 Å². The van der Waals surface area contributed by atoms with Crippen LogP contribution >= 0.6 is 0 Å². The van der Waals surface area contributed by atoms with E-state index in [9.17, 15) is 9.90 Å². The number of methoxy groups -OCH3 is 1. The summed E-state index contributed by atoms with van der Waals surface area (Å²) in [6.45, 7) is 1.83. The van der Waals surface area contributed by atoms with E-state index in [1.54, 1.807) is 12.1 Å². The van der Waals surface area contributed by atoms with E-state index < -0.39 is 0 Å². The Morgan fingerprint density at radius 2 is 2.00 bits per heavy atom. The molecule has 5 nitrogen and oxygen atoms in total. The first kappa shape index (κ1) is 14.7. The number of para-hydroxylation sites is 1. The third kappa shape index (κ3) is 3.25. The number of phenolic OH excluding ortho intramolecular Hbond substituents is 1. The van der Waals surface area contributed by atoms with Crippen LogP contribution in [-0.4, -0.2) is 18.1 Å². The molecule has 2 aromatic carbocycles. The van der Waals surface area contributed by atoms with Gasteiger partial charge in [-0.15, -0.1) is 0 Å². The number of nitrogen functional groups attached to an aromatic ring is 1. The quantitative estimate of drug-likeness (QED) is 0.754. The number of amides is 1. The number of carbonyl (C=O) groups excluding carboxylic acids is 1. The van der Waals surface area contributed by atoms with Crippen molar-refractivity contribution in [3.05, 3.63) is 53.6 Å². The summed E-state index contributed by atoms with van der Waals surface area (Å²) < 4.78 is 5.06. The lowest BCUT2D eigenvalue weighted by atomic mass is 10.1. The standard InChI is InChI=1S/C16H18N2O3/c1-10(12-5-3-4-6-14(12)17)18-16(20)13-9-11(21-2)7-8-15(13)19/h3-10,19H,17H2,1-2H3,(H,18,20). The van der Waals surface area contributed by atoms with Gasteiger partial charge in [0, 0.05) is 5.69 Å². The Bertz CT molecular complexity index is 656. The minimum Gasteiger partial charge on any atom is -0.507 e. The van der Waals surface area contributed by atoms with Crippen molar-refractivity contribution in [2.24, 2.45) is 0 Å². The monoisotopic (exact) mass is 286 g/mol. The second-order valence-corrected chi connectivity index (χ2v) is 4.71. The molecule has 0 heterocycles. The van der Waals surface area contributed by atoms with Crippen LogP contribution in [0.4, 0.5) is 5.69 Å². The first-order chi connectivity index (χ1) is 10.0. The molecular weight excluding hydrogens is 268 g/mol. The number of hydrogen-bond donors (Lipinski definition) is 3. The molecule has 1 unspecified atom stereocenters. The number of ether oxygens (including phenoxy) is 1. The van der Waals surface area contributed by atoms with Crippen LogP contribution in [-0.2, 0) is 0 Å². The number of phenols is 1. The zero-order valence-corrected chi connectivity index (χ0v) is 12.0. The van der Waals surface area contributed by atoms with E-state index in [2.05, 4.69) is 5.32 Å². The van der Waals surface area contributed by atoms with Crippen LogP contribution in [0.3, 0.4) is 0 Å². The fourth-order valence-corrected chi connectivity index (χ4v) is 2.08. The van der Waals surface area contributed by atoms with Crippen molar-refractivity contribution in [2.75, 3.05) is 12.8 Å². The lowest BCUT2D eigenvalue weighted by Crippen LogP contribution is -2.27. The van der Waals surface area contributed by atoms with Crippen molar-refractivity contribution in [3.63, 3.8) is 0 Å². The van der Waals surface area contributed by atoms with Crippen LogP contribution in [0.25, 0.3) is 0 Å². The average Bonchev–Trinajstić information content (AvgIpc) is 2.48. The van der Waals surface area contributed by atoms with Gasteiger partial charge in [0.25, 0.3) is 5.91 Å². The van der Waals surface area contributed by atoms with E-state index >= 15 is 0 Å². The number of carbonyl (C=O) groups is 1. The Kier molecular flexibility index (Phi) is 4.33. The second-order valence-electron chi connectivity index (χ2n) is 4.71. The maximum atomic E-state index is 12.3. The third-order valence-electron chi connectivity index (χ3n) is 3.26. The Balaban J connectivity index is 2.20. The smallest absolute Gasteiger partial charge is 0.255 e. The molecule has 4 N–H and O–H groups in total. The van der Waals surface area contributed by atoms with Crippen LogP contribution in [0.15, 0.2) is 42.5 Å². The topological polar surface area (TPSA) is 84.6 Å². The molecule has 0 saturated carbocycles. The number of nitrogens with two attached hydrogens (primary N) is 1. The van der Waals surface area contributed by atoms with Crippen LogP contribution in [0.2, 0.25) is 0 Å². The molecule has 0 saturated heterocycles. The number of benzene rings is 2. The number of rotatable bonds is 4. The fraction of sp³-hybridized carbons (Fsp3) is 0.188. The van der Waals surface area contributed by atoms with Gasteiger partial charge in [0.1, 0.15) is 11.5 Å². The van der Waals surface area contributed by atoms with Gasteiger partial charge in [0.15, 0.2) is 0 Å². The van der Waals surface area contributed by atoms with Gasteiger partial charge < -0.3 is 20.9 Å². The predicted molar refractivity (Wildman–Crippen MR) is 81.4 cm³/mol. The molecule has 0 aromatic heterocycles. The van der Waals surface area contributed by atoms with Crippen molar-refractivity contribution >= 4 is 11.6 Å². The molecule has 1 amide bonds. The summed E-state index contributed by atoms with van der Waals surface area (Å²) in [5, 5.41) is 12.6. The van der Waals surface area contributed by atoms with Gasteiger partial charge in [0.05, 0.1) is 18.7 Å². The van der Waals surface area contributed by atoms with Gasteiger partial charge in [-0.1, -0.05) is 18.2 Å². The minimum atomic E-state index is -0.387. The molecule has 2 rings (SSSR count). The van der Waals surface area contributed by atoms with Gasteiger partial charge in [-0.3, -0.25) is 4.79 Å². The van der Waals surface area contributed by atoms with E-state index in [1.807, 2.05) is 25.1 Å². The molecule has 1 atom stereocenters. The number of anilines is 1. The fourth-order valence-electron chi connectivity index (χ4n) is 2.08. The highest BCUT2D eigenvalue weighted by molar-refractivity contribution is 5.97. The molecule has 21 heavy (non-hydrogen) atoms. The molecule has 2 aromatic rings. The lowest BCUT2D eigenvalue weighted by Gasteiger charge is -2.17. The maximum absolute atomic E-state index is 12.3. The third-order valence-corrected chi connectivity index (χ3v) is 3.26. The van der Waals surface area contributed by atoms with E-state index in [1.165, 1.54) is 19.2 Å². The van der Waals surface area contributed by atoms with Crippen molar-refractivity contribution in [2.45, 2.75) is 13.0 Å². The highest BCUT2D eigenvalue weighted by Gasteiger charge is 2.16. The number of nitrogens with one attached hydrogen (secondary N) is 1. The number of hydrogen-bond acceptors (Lipinski definition) is 4. The van der Waals surface area contributed by atoms with Gasteiger partial charge in [-0.25, -0.2) is 0 Å². The number of aromatic hydroxyl groups is 1. The summed E-state index contributed by atoms with van der Waals surface area (Å²) in [5.74, 6) is 0.0218. The summed E-state index contributed by atoms with van der Waals surface area (Å²) in [5.41, 5.74) is 7.49. The maximum Gasteiger partial charge on any atom is 0.255 e. The van der Waals surface area contributed by atoms with Crippen molar-refractivity contribution in [1.82, 2.24) is 5.32 Å². The van der Waals surface area contributed by atoms with Gasteiger partial charge in [-0.05, 0) is 36.8 Å². The van der Waals surface area contributed by atoms with Crippen molar-refractivity contribution in [1.29, 1.82) is 0 Å². The second kappa shape index (κ2) is 6.17. The largest absolute Gasteiger partial charge is 0.507 e. The summed E-state index contributed by atoms with van der Waals surface area (Å²) in [6.07, 6.45) is 0. The van der Waals surface area contributed by atoms with E-state index in [-0.39, 0.29) is 23.3 Å². The van der Waals surface area contributed by atoms with Gasteiger partial charge >= 0.3 is 0 Å². The van der Waals surface area contributed by atoms with Crippen LogP contribution in [0.1, 0.15) is 28.9 Å². The molecule has 0 aliphatic carbocycles. The molecular formula is C16H18N2O3. The summed E-state index contributed by atoms with van der Waals surface area (Å²) in [6, 6.07) is 11.6. The van der Waals surface area contributed by atoms with E-state index in [0.29, 0.717) is 11.4 Å². The van der Waals surface area contributed by atoms with Crippen LogP contribution in [0, 0.1) is 0 Å². The first-order valence-electron chi connectivity index (χ1n) is 6.55. The molecule has 0 radical (unpaired) electrons. The molecule has 5 heteroatoms. The zero-order chi connectivity index (χ0) is 15.4. The highest BCUT2D eigenvalue weighted by atomic mass is 16.5. The van der Waals surface area contributed by atoms with Crippen molar-refractivity contribution < 1.29 is 14.6 Å². The normalized spacial score (nSPS) is 11.7. The summed E-state index contributed by atoms with van der Waals surface area (Å²) in [4.78, 5) is 12.3. The van der Waals surface area contributed by atoms with E-state index in [4.69, 9.17) is 10.5 Å². The highest BCUT2D eigenvalue weighted by Crippen LogP contribution is 2.25. The zero-order valence-electron chi connectivity index (χ0n) is 12.0. The minimum absolute atomic E-state index is 0.0958. The Hall–Kier alpha value is -2.69. The van der Waals surface area contributed by atoms with Gasteiger partial charge in [0.2, 0.25) is 0 Å². The molecule has 0 bridgehead atoms. The first-order valence-corrected chi connectivity index (χ1v) is 6.55. The molecule has 110 valence electrons. The molecule has 0 aliphatic rings. The Morgan fingerprint density at radius 1 is 1.29 bits per heavy atom. The Morgan fingerprint density at radius 3 is 2.67 bits per heavy atom. The SMILES string of the molecule is COc1ccc(O)c(C(=O)NC(C)c2ccccc2N)c1.